The number of benzene rings is 1. The van der Waals surface area contributed by atoms with Crippen LogP contribution < -0.4 is 21.1 Å². The maximum Gasteiger partial charge on any atom is 0.273 e. The number of nitrogens with one attached hydrogen (secondary N) is 2. The third kappa shape index (κ3) is 5.51. The summed E-state index contributed by atoms with van der Waals surface area (Å²) in [4.78, 5) is 48.4. The molecule has 9 nitrogen and oxygen atoms in total. The van der Waals surface area contributed by atoms with E-state index in [1.165, 1.54) is 22.2 Å². The third-order valence-electron chi connectivity index (χ3n) is 5.50. The van der Waals surface area contributed by atoms with Crippen LogP contribution in [0.2, 0.25) is 5.02 Å². The second-order valence-electron chi connectivity index (χ2n) is 7.91. The normalized spacial score (nSPS) is 16.1. The minimum atomic E-state index is -0.303. The molecule has 33 heavy (non-hydrogen) atoms. The van der Waals surface area contributed by atoms with Gasteiger partial charge in [-0.25, -0.2) is 4.98 Å². The van der Waals surface area contributed by atoms with Crippen LogP contribution in [0, 0.1) is 5.92 Å². The maximum atomic E-state index is 12.9. The summed E-state index contributed by atoms with van der Waals surface area (Å²) in [6.07, 6.45) is 3.07. The highest BCUT2D eigenvalue weighted by molar-refractivity contribution is 7.22. The van der Waals surface area contributed by atoms with Gasteiger partial charge >= 0.3 is 0 Å². The lowest BCUT2D eigenvalue weighted by molar-refractivity contribution is -0.125. The number of thiazole rings is 1. The molecule has 0 saturated carbocycles. The van der Waals surface area contributed by atoms with Gasteiger partial charge in [-0.05, 0) is 37.5 Å². The Morgan fingerprint density at radius 2 is 2.03 bits per heavy atom. The van der Waals surface area contributed by atoms with Gasteiger partial charge < -0.3 is 15.5 Å². The van der Waals surface area contributed by atoms with Crippen molar-refractivity contribution >= 4 is 50.2 Å². The standard InChI is InChI=1S/C22H25ClN6O3S/c1-2-24-20(31)15-4-3-9-28(11-15)22-27-19-18(33-22)21(32)29(13-26-19)12-17(30)25-10-14-5-7-16(23)8-6-14/h5-8,13,15H,2-4,9-12H2,1H3,(H,24,31)(H,25,30)/t15-/m0/s1. The van der Waals surface area contributed by atoms with Crippen molar-refractivity contribution in [2.75, 3.05) is 24.5 Å². The second kappa shape index (κ2) is 10.3. The van der Waals surface area contributed by atoms with Crippen molar-refractivity contribution < 1.29 is 9.59 Å². The number of hydrogen-bond acceptors (Lipinski definition) is 7. The molecule has 1 fully saturated rings. The van der Waals surface area contributed by atoms with Crippen LogP contribution in [0.15, 0.2) is 35.4 Å². The lowest BCUT2D eigenvalue weighted by Crippen LogP contribution is -2.43. The summed E-state index contributed by atoms with van der Waals surface area (Å²) < 4.78 is 1.69. The number of rotatable bonds is 7. The molecule has 0 unspecified atom stereocenters. The van der Waals surface area contributed by atoms with Crippen molar-refractivity contribution in [3.63, 3.8) is 0 Å². The molecule has 0 bridgehead atoms. The largest absolute Gasteiger partial charge is 0.356 e. The van der Waals surface area contributed by atoms with Gasteiger partial charge in [-0.3, -0.25) is 19.0 Å². The predicted octanol–water partition coefficient (Wildman–Crippen LogP) is 2.18. The fraction of sp³-hybridized carbons (Fsp3) is 0.409. The number of piperidine rings is 1. The van der Waals surface area contributed by atoms with Crippen molar-refractivity contribution in [3.05, 3.63) is 51.5 Å². The first-order chi connectivity index (χ1) is 15.9. The molecule has 1 aliphatic heterocycles. The number of anilines is 1. The minimum Gasteiger partial charge on any atom is -0.356 e. The van der Waals surface area contributed by atoms with Gasteiger partial charge in [0.1, 0.15) is 17.6 Å². The molecule has 0 radical (unpaired) electrons. The summed E-state index contributed by atoms with van der Waals surface area (Å²) in [5.41, 5.74) is 0.967. The number of carbonyl (C=O) groups excluding carboxylic acids is 2. The van der Waals surface area contributed by atoms with Gasteiger partial charge in [0.05, 0.1) is 5.92 Å². The Kier molecular flexibility index (Phi) is 7.24. The van der Waals surface area contributed by atoms with Gasteiger partial charge in [0.25, 0.3) is 5.56 Å². The Bertz CT molecular complexity index is 1210. The summed E-state index contributed by atoms with van der Waals surface area (Å²) in [5.74, 6) is -0.341. The zero-order valence-electron chi connectivity index (χ0n) is 18.2. The van der Waals surface area contributed by atoms with Crippen LogP contribution in [0.4, 0.5) is 5.13 Å². The Morgan fingerprint density at radius 3 is 2.79 bits per heavy atom. The average Bonchev–Trinajstić information content (AvgIpc) is 3.26. The van der Waals surface area contributed by atoms with E-state index >= 15 is 0 Å². The number of fused-ring (bicyclic) bond motifs is 1. The molecule has 174 valence electrons. The van der Waals surface area contributed by atoms with E-state index in [4.69, 9.17) is 11.6 Å². The van der Waals surface area contributed by atoms with Gasteiger partial charge in [0.15, 0.2) is 10.8 Å². The first-order valence-corrected chi connectivity index (χ1v) is 12.0. The summed E-state index contributed by atoms with van der Waals surface area (Å²) in [6.45, 7) is 4.05. The summed E-state index contributed by atoms with van der Waals surface area (Å²) in [7, 11) is 0. The summed E-state index contributed by atoms with van der Waals surface area (Å²) >= 11 is 7.13. The number of aromatic nitrogens is 3. The highest BCUT2D eigenvalue weighted by Gasteiger charge is 2.27. The maximum absolute atomic E-state index is 12.9. The third-order valence-corrected chi connectivity index (χ3v) is 6.85. The quantitative estimate of drug-likeness (QED) is 0.527. The molecule has 1 aliphatic rings. The molecule has 3 heterocycles. The van der Waals surface area contributed by atoms with Crippen LogP contribution in [0.5, 0.6) is 0 Å². The number of nitrogens with zero attached hydrogens (tertiary/aromatic N) is 4. The van der Waals surface area contributed by atoms with Gasteiger partial charge in [-0.1, -0.05) is 35.1 Å². The zero-order valence-corrected chi connectivity index (χ0v) is 19.8. The van der Waals surface area contributed by atoms with E-state index in [0.717, 1.165) is 24.9 Å². The van der Waals surface area contributed by atoms with Crippen molar-refractivity contribution in [2.45, 2.75) is 32.9 Å². The summed E-state index contributed by atoms with van der Waals surface area (Å²) in [6, 6.07) is 7.18. The fourth-order valence-electron chi connectivity index (χ4n) is 3.78. The first-order valence-electron chi connectivity index (χ1n) is 10.8. The predicted molar refractivity (Wildman–Crippen MR) is 129 cm³/mol. The Morgan fingerprint density at radius 1 is 1.24 bits per heavy atom. The van der Waals surface area contributed by atoms with Crippen LogP contribution in [0.25, 0.3) is 10.3 Å². The van der Waals surface area contributed by atoms with E-state index in [-0.39, 0.29) is 29.8 Å². The molecule has 2 aromatic heterocycles. The molecular weight excluding hydrogens is 464 g/mol. The minimum absolute atomic E-state index is 0.0494. The SMILES string of the molecule is CCNC(=O)[C@H]1CCCN(c2nc3ncn(CC(=O)NCc4ccc(Cl)cc4)c(=O)c3s2)C1. The molecule has 11 heteroatoms. The van der Waals surface area contributed by atoms with Gasteiger partial charge in [-0.15, -0.1) is 0 Å². The van der Waals surface area contributed by atoms with Crippen molar-refractivity contribution in [3.8, 4) is 0 Å². The van der Waals surface area contributed by atoms with Crippen LogP contribution in [0.3, 0.4) is 0 Å². The molecular formula is C22H25ClN6O3S. The van der Waals surface area contributed by atoms with Crippen LogP contribution in [-0.2, 0) is 22.7 Å². The molecule has 1 atom stereocenters. The Hall–Kier alpha value is -2.98. The molecule has 2 N–H and O–H groups in total. The number of amides is 2. The molecule has 2 amide bonds. The average molecular weight is 489 g/mol. The van der Waals surface area contributed by atoms with E-state index in [2.05, 4.69) is 20.6 Å². The van der Waals surface area contributed by atoms with Crippen molar-refractivity contribution in [1.82, 2.24) is 25.2 Å². The van der Waals surface area contributed by atoms with E-state index in [1.807, 2.05) is 24.0 Å². The molecule has 0 aliphatic carbocycles. The molecule has 4 rings (SSSR count). The van der Waals surface area contributed by atoms with Gasteiger partial charge in [0, 0.05) is 31.2 Å². The van der Waals surface area contributed by atoms with Crippen molar-refractivity contribution in [2.24, 2.45) is 5.92 Å². The monoisotopic (exact) mass is 488 g/mol. The first kappa shape index (κ1) is 23.2. The fourth-order valence-corrected chi connectivity index (χ4v) is 4.91. The number of halogens is 1. The van der Waals surface area contributed by atoms with Crippen molar-refractivity contribution in [1.29, 1.82) is 0 Å². The molecule has 0 spiro atoms. The van der Waals surface area contributed by atoms with Crippen LogP contribution in [-0.4, -0.2) is 46.0 Å². The van der Waals surface area contributed by atoms with Crippen LogP contribution in [0.1, 0.15) is 25.3 Å². The number of hydrogen-bond donors (Lipinski definition) is 2. The second-order valence-corrected chi connectivity index (χ2v) is 9.32. The van der Waals surface area contributed by atoms with E-state index in [9.17, 15) is 14.4 Å². The molecule has 3 aromatic rings. The van der Waals surface area contributed by atoms with Crippen LogP contribution >= 0.6 is 22.9 Å². The number of carbonyl (C=O) groups is 2. The lowest BCUT2D eigenvalue weighted by atomic mass is 9.97. The van der Waals surface area contributed by atoms with E-state index in [1.54, 1.807) is 12.1 Å². The van der Waals surface area contributed by atoms with E-state index in [0.29, 0.717) is 40.1 Å². The highest BCUT2D eigenvalue weighted by atomic mass is 35.5. The molecule has 1 aromatic carbocycles. The molecule has 1 saturated heterocycles. The van der Waals surface area contributed by atoms with Gasteiger partial charge in [0.2, 0.25) is 11.8 Å². The Balaban J connectivity index is 1.44. The van der Waals surface area contributed by atoms with E-state index < -0.39 is 0 Å². The Labute approximate surface area is 199 Å². The highest BCUT2D eigenvalue weighted by Crippen LogP contribution is 2.29. The lowest BCUT2D eigenvalue weighted by Gasteiger charge is -2.31. The summed E-state index contributed by atoms with van der Waals surface area (Å²) in [5, 5.41) is 6.98. The topological polar surface area (TPSA) is 109 Å². The zero-order chi connectivity index (χ0) is 23.4. The smallest absolute Gasteiger partial charge is 0.273 e. The van der Waals surface area contributed by atoms with Gasteiger partial charge in [-0.2, -0.15) is 4.98 Å².